The van der Waals surface area contributed by atoms with Gasteiger partial charge in [0.15, 0.2) is 0 Å². The average molecular weight is 447 g/mol. The molecule has 2 nitrogen and oxygen atoms in total. The van der Waals surface area contributed by atoms with Crippen LogP contribution in [-0.4, -0.2) is 17.0 Å². The molecule has 0 aromatic rings. The smallest absolute Gasteiger partial charge is 0.120 e. The molecule has 0 radical (unpaired) electrons. The van der Waals surface area contributed by atoms with E-state index in [0.29, 0.717) is 24.2 Å². The van der Waals surface area contributed by atoms with Crippen LogP contribution in [0.5, 0.6) is 0 Å². The summed E-state index contributed by atoms with van der Waals surface area (Å²) < 4.78 is 0. The summed E-state index contributed by atoms with van der Waals surface area (Å²) in [5.74, 6) is 3.36. The standard InChI is InChI=1S/C30H54O2/c1-23(13-9-18-30(7,32)19-10-14-25(3)17-20-31)11-8-12-24(2)15-16-29-21-26(4)28(6)27(5)22-29/h20-26,28,32H,8-19H2,1-7H3. The molecule has 0 saturated carbocycles. The van der Waals surface area contributed by atoms with Gasteiger partial charge >= 0.3 is 0 Å². The van der Waals surface area contributed by atoms with Gasteiger partial charge < -0.3 is 9.90 Å². The first kappa shape index (κ1) is 29.1. The first-order valence-corrected chi connectivity index (χ1v) is 13.6. The molecule has 2 heteroatoms. The summed E-state index contributed by atoms with van der Waals surface area (Å²) in [6.45, 7) is 15.9. The normalized spacial score (nSPS) is 23.6. The SMILES string of the molecule is CC1=CC(CCC(C)CCCC(C)CCCC(C)(O)CCCC(C)CC=O)=CC(C)C1C. The summed E-state index contributed by atoms with van der Waals surface area (Å²) in [4.78, 5) is 10.6. The van der Waals surface area contributed by atoms with Crippen LogP contribution in [0, 0.1) is 29.6 Å². The topological polar surface area (TPSA) is 37.3 Å². The van der Waals surface area contributed by atoms with Gasteiger partial charge in [-0.05, 0) is 69.1 Å². The third kappa shape index (κ3) is 12.4. The van der Waals surface area contributed by atoms with Crippen LogP contribution in [0.2, 0.25) is 0 Å². The number of allylic oxidation sites excluding steroid dienone is 4. The maximum Gasteiger partial charge on any atom is 0.120 e. The Bertz CT molecular complexity index is 586. The summed E-state index contributed by atoms with van der Waals surface area (Å²) in [6.07, 6.45) is 19.2. The Morgan fingerprint density at radius 1 is 0.938 bits per heavy atom. The fourth-order valence-corrected chi connectivity index (χ4v) is 5.11. The predicted octanol–water partition coefficient (Wildman–Crippen LogP) is 8.68. The van der Waals surface area contributed by atoms with E-state index in [1.165, 1.54) is 38.5 Å². The lowest BCUT2D eigenvalue weighted by atomic mass is 9.81. The van der Waals surface area contributed by atoms with Crippen molar-refractivity contribution in [2.75, 3.05) is 0 Å². The lowest BCUT2D eigenvalue weighted by molar-refractivity contribution is -0.108. The van der Waals surface area contributed by atoms with Crippen molar-refractivity contribution in [1.82, 2.24) is 0 Å². The van der Waals surface area contributed by atoms with Crippen LogP contribution < -0.4 is 0 Å². The fraction of sp³-hybridized carbons (Fsp3) is 0.833. The van der Waals surface area contributed by atoms with Gasteiger partial charge in [-0.3, -0.25) is 0 Å². The van der Waals surface area contributed by atoms with E-state index < -0.39 is 5.60 Å². The molecule has 0 fully saturated rings. The first-order valence-electron chi connectivity index (χ1n) is 13.6. The lowest BCUT2D eigenvalue weighted by Crippen LogP contribution is -2.24. The molecule has 0 spiro atoms. The quantitative estimate of drug-likeness (QED) is 0.227. The molecule has 1 N–H and O–H groups in total. The highest BCUT2D eigenvalue weighted by Gasteiger charge is 2.20. The highest BCUT2D eigenvalue weighted by atomic mass is 16.3. The molecule has 186 valence electrons. The lowest BCUT2D eigenvalue weighted by Gasteiger charge is -2.25. The Morgan fingerprint density at radius 3 is 2.03 bits per heavy atom. The van der Waals surface area contributed by atoms with Gasteiger partial charge in [0.25, 0.3) is 0 Å². The maximum absolute atomic E-state index is 10.7. The van der Waals surface area contributed by atoms with Crippen molar-refractivity contribution in [2.45, 2.75) is 131 Å². The molecule has 0 saturated heterocycles. The van der Waals surface area contributed by atoms with E-state index >= 15 is 0 Å². The number of rotatable bonds is 17. The highest BCUT2D eigenvalue weighted by Crippen LogP contribution is 2.31. The van der Waals surface area contributed by atoms with Crippen molar-refractivity contribution < 1.29 is 9.90 Å². The van der Waals surface area contributed by atoms with Crippen LogP contribution in [0.3, 0.4) is 0 Å². The van der Waals surface area contributed by atoms with Crippen LogP contribution in [-0.2, 0) is 4.79 Å². The van der Waals surface area contributed by atoms with Crippen LogP contribution in [0.25, 0.3) is 0 Å². The summed E-state index contributed by atoms with van der Waals surface area (Å²) in [5.41, 5.74) is 2.55. The van der Waals surface area contributed by atoms with Crippen LogP contribution in [0.15, 0.2) is 23.3 Å². The molecule has 0 heterocycles. The number of hydrogen-bond donors (Lipinski definition) is 1. The summed E-state index contributed by atoms with van der Waals surface area (Å²) in [6, 6.07) is 0. The molecular weight excluding hydrogens is 392 g/mol. The summed E-state index contributed by atoms with van der Waals surface area (Å²) >= 11 is 0. The molecule has 0 aromatic carbocycles. The molecule has 6 unspecified atom stereocenters. The van der Waals surface area contributed by atoms with Gasteiger partial charge in [-0.2, -0.15) is 0 Å². The molecule has 6 atom stereocenters. The van der Waals surface area contributed by atoms with Gasteiger partial charge in [0.2, 0.25) is 0 Å². The van der Waals surface area contributed by atoms with Gasteiger partial charge in [0.1, 0.15) is 6.29 Å². The van der Waals surface area contributed by atoms with E-state index in [4.69, 9.17) is 0 Å². The third-order valence-electron chi connectivity index (χ3n) is 8.04. The Morgan fingerprint density at radius 2 is 1.47 bits per heavy atom. The van der Waals surface area contributed by atoms with Gasteiger partial charge in [0, 0.05) is 6.42 Å². The molecule has 1 aliphatic rings. The summed E-state index contributed by atoms with van der Waals surface area (Å²) in [5, 5.41) is 10.7. The van der Waals surface area contributed by atoms with E-state index in [1.807, 2.05) is 6.92 Å². The van der Waals surface area contributed by atoms with E-state index in [-0.39, 0.29) is 0 Å². The summed E-state index contributed by atoms with van der Waals surface area (Å²) in [7, 11) is 0. The molecule has 0 amide bonds. The number of carbonyl (C=O) groups excluding carboxylic acids is 1. The number of aldehydes is 1. The van der Waals surface area contributed by atoms with Gasteiger partial charge in [0.05, 0.1) is 5.60 Å². The zero-order chi connectivity index (χ0) is 24.1. The van der Waals surface area contributed by atoms with Crippen LogP contribution in [0.4, 0.5) is 0 Å². The Labute approximate surface area is 200 Å². The van der Waals surface area contributed by atoms with Gasteiger partial charge in [-0.15, -0.1) is 0 Å². The Kier molecular flexibility index (Phi) is 13.7. The zero-order valence-electron chi connectivity index (χ0n) is 22.5. The Hall–Kier alpha value is -0.890. The van der Waals surface area contributed by atoms with E-state index in [0.717, 1.165) is 50.2 Å². The number of hydrogen-bond acceptors (Lipinski definition) is 2. The van der Waals surface area contributed by atoms with Gasteiger partial charge in [-0.1, -0.05) is 103 Å². The molecule has 1 aliphatic carbocycles. The molecule has 0 aliphatic heterocycles. The van der Waals surface area contributed by atoms with Crippen LogP contribution in [0.1, 0.15) is 126 Å². The molecule has 32 heavy (non-hydrogen) atoms. The second-order valence-corrected chi connectivity index (χ2v) is 11.7. The van der Waals surface area contributed by atoms with Crippen molar-refractivity contribution in [3.8, 4) is 0 Å². The molecule has 1 rings (SSSR count). The molecule has 0 aromatic heterocycles. The van der Waals surface area contributed by atoms with Crippen molar-refractivity contribution in [3.63, 3.8) is 0 Å². The second kappa shape index (κ2) is 15.1. The van der Waals surface area contributed by atoms with E-state index in [1.54, 1.807) is 11.1 Å². The predicted molar refractivity (Wildman–Crippen MR) is 140 cm³/mol. The zero-order valence-corrected chi connectivity index (χ0v) is 22.5. The maximum atomic E-state index is 10.7. The van der Waals surface area contributed by atoms with E-state index in [9.17, 15) is 9.90 Å². The first-order chi connectivity index (χ1) is 15.0. The average Bonchev–Trinajstić information content (AvgIpc) is 2.70. The highest BCUT2D eigenvalue weighted by molar-refractivity contribution is 5.49. The van der Waals surface area contributed by atoms with Crippen molar-refractivity contribution in [1.29, 1.82) is 0 Å². The molecule has 0 bridgehead atoms. The minimum Gasteiger partial charge on any atom is -0.390 e. The van der Waals surface area contributed by atoms with E-state index in [2.05, 4.69) is 53.7 Å². The van der Waals surface area contributed by atoms with Gasteiger partial charge in [-0.25, -0.2) is 0 Å². The number of carbonyl (C=O) groups is 1. The third-order valence-corrected chi connectivity index (χ3v) is 8.04. The minimum absolute atomic E-state index is 0.443. The molecular formula is C30H54O2. The monoisotopic (exact) mass is 446 g/mol. The largest absolute Gasteiger partial charge is 0.390 e. The fourth-order valence-electron chi connectivity index (χ4n) is 5.11. The second-order valence-electron chi connectivity index (χ2n) is 11.7. The van der Waals surface area contributed by atoms with Crippen molar-refractivity contribution in [2.24, 2.45) is 29.6 Å². The van der Waals surface area contributed by atoms with Crippen molar-refractivity contribution in [3.05, 3.63) is 23.3 Å². The minimum atomic E-state index is -0.551. The number of aliphatic hydroxyl groups is 1. The Balaban J connectivity index is 2.14. The van der Waals surface area contributed by atoms with Crippen LogP contribution >= 0.6 is 0 Å². The van der Waals surface area contributed by atoms with Crippen molar-refractivity contribution >= 4 is 6.29 Å².